The van der Waals surface area contributed by atoms with E-state index in [0.717, 1.165) is 36.9 Å². The van der Waals surface area contributed by atoms with Gasteiger partial charge in [-0.2, -0.15) is 4.31 Å². The van der Waals surface area contributed by atoms with Gasteiger partial charge in [0.2, 0.25) is 15.9 Å². The lowest BCUT2D eigenvalue weighted by atomic mass is 10.1. The number of sulfonamides is 1. The number of nitrogens with zero attached hydrogens (tertiary/aromatic N) is 2. The molecule has 146 valence electrons. The quantitative estimate of drug-likeness (QED) is 0.677. The van der Waals surface area contributed by atoms with Gasteiger partial charge in [0.05, 0.1) is 6.26 Å². The average molecular weight is 381 g/mol. The number of carbonyl (C=O) groups excluding carboxylic acids is 1. The van der Waals surface area contributed by atoms with Crippen molar-refractivity contribution >= 4 is 21.6 Å². The molecule has 0 heterocycles. The number of benzene rings is 1. The summed E-state index contributed by atoms with van der Waals surface area (Å²) in [4.78, 5) is 14.5. The summed E-state index contributed by atoms with van der Waals surface area (Å²) < 4.78 is 26.2. The molecule has 0 N–H and O–H groups in total. The molecule has 0 saturated heterocycles. The van der Waals surface area contributed by atoms with E-state index in [9.17, 15) is 13.2 Å². The Bertz CT molecular complexity index is 695. The molecule has 0 atom stereocenters. The minimum absolute atomic E-state index is 0.0274. The zero-order valence-corrected chi connectivity index (χ0v) is 17.1. The molecule has 2 rings (SSSR count). The van der Waals surface area contributed by atoms with E-state index in [-0.39, 0.29) is 24.9 Å². The van der Waals surface area contributed by atoms with Gasteiger partial charge in [-0.05, 0) is 44.4 Å². The third kappa shape index (κ3) is 5.81. The zero-order chi connectivity index (χ0) is 19.2. The van der Waals surface area contributed by atoms with Crippen LogP contribution in [0.1, 0.15) is 57.4 Å². The summed E-state index contributed by atoms with van der Waals surface area (Å²) in [5.74, 6) is -0.0274. The highest BCUT2D eigenvalue weighted by molar-refractivity contribution is 7.88. The highest BCUT2D eigenvalue weighted by Gasteiger charge is 2.28. The van der Waals surface area contributed by atoms with Crippen LogP contribution in [-0.4, -0.2) is 44.0 Å². The predicted molar refractivity (Wildman–Crippen MR) is 107 cm³/mol. The van der Waals surface area contributed by atoms with Gasteiger partial charge in [-0.25, -0.2) is 8.42 Å². The number of hydrogen-bond acceptors (Lipinski definition) is 3. The van der Waals surface area contributed by atoms with Gasteiger partial charge in [0.15, 0.2) is 0 Å². The van der Waals surface area contributed by atoms with Crippen molar-refractivity contribution in [2.45, 2.75) is 64.8 Å². The summed E-state index contributed by atoms with van der Waals surface area (Å²) in [6, 6.07) is 7.89. The molecule has 1 fully saturated rings. The second-order valence-corrected chi connectivity index (χ2v) is 9.18. The van der Waals surface area contributed by atoms with Gasteiger partial charge in [-0.1, -0.05) is 37.8 Å². The SMILES string of the molecule is CCN(C(=O)CCN(C1CCCCCC1)S(C)(=O)=O)c1cccc(C)c1. The third-order valence-corrected chi connectivity index (χ3v) is 6.47. The Morgan fingerprint density at radius 3 is 2.35 bits per heavy atom. The maximum Gasteiger partial charge on any atom is 0.228 e. The number of aryl methyl sites for hydroxylation is 1. The topological polar surface area (TPSA) is 57.7 Å². The van der Waals surface area contributed by atoms with Crippen LogP contribution < -0.4 is 4.90 Å². The van der Waals surface area contributed by atoms with Crippen molar-refractivity contribution in [3.8, 4) is 0 Å². The van der Waals surface area contributed by atoms with Gasteiger partial charge in [-0.3, -0.25) is 4.79 Å². The van der Waals surface area contributed by atoms with Gasteiger partial charge in [0, 0.05) is 31.2 Å². The summed E-state index contributed by atoms with van der Waals surface area (Å²) in [5.41, 5.74) is 1.97. The van der Waals surface area contributed by atoms with Crippen molar-refractivity contribution in [1.82, 2.24) is 4.31 Å². The van der Waals surface area contributed by atoms with Gasteiger partial charge in [0.1, 0.15) is 0 Å². The molecular weight excluding hydrogens is 348 g/mol. The molecule has 1 aliphatic carbocycles. The minimum atomic E-state index is -3.32. The van der Waals surface area contributed by atoms with Crippen LogP contribution in [0.15, 0.2) is 24.3 Å². The fourth-order valence-corrected chi connectivity index (χ4v) is 4.98. The maximum atomic E-state index is 12.8. The molecule has 0 radical (unpaired) electrons. The third-order valence-electron chi connectivity index (χ3n) is 5.13. The highest BCUT2D eigenvalue weighted by Crippen LogP contribution is 2.24. The second-order valence-electron chi connectivity index (χ2n) is 7.25. The van der Waals surface area contributed by atoms with E-state index in [1.807, 2.05) is 38.1 Å². The molecule has 1 aliphatic rings. The monoisotopic (exact) mass is 380 g/mol. The number of hydrogen-bond donors (Lipinski definition) is 0. The first kappa shape index (κ1) is 20.9. The van der Waals surface area contributed by atoms with E-state index in [2.05, 4.69) is 0 Å². The van der Waals surface area contributed by atoms with Crippen LogP contribution in [0.3, 0.4) is 0 Å². The zero-order valence-electron chi connectivity index (χ0n) is 16.3. The Kier molecular flexibility index (Phi) is 7.65. The molecule has 0 aliphatic heterocycles. The van der Waals surface area contributed by atoms with Gasteiger partial charge < -0.3 is 4.90 Å². The standard InChI is InChI=1S/C20H32N2O3S/c1-4-21(19-13-9-10-17(2)16-19)20(23)14-15-22(26(3,24)25)18-11-7-5-6-8-12-18/h9-10,13,16,18H,4-8,11-12,14-15H2,1-3H3. The molecule has 1 aromatic rings. The molecule has 0 spiro atoms. The molecular formula is C20H32N2O3S. The molecule has 0 aromatic heterocycles. The number of rotatable bonds is 7. The van der Waals surface area contributed by atoms with Crippen molar-refractivity contribution in [1.29, 1.82) is 0 Å². The van der Waals surface area contributed by atoms with E-state index < -0.39 is 10.0 Å². The second kappa shape index (κ2) is 9.51. The Labute approximate surface area is 158 Å². The molecule has 0 unspecified atom stereocenters. The smallest absolute Gasteiger partial charge is 0.228 e. The number of amides is 1. The van der Waals surface area contributed by atoms with Crippen LogP contribution in [0, 0.1) is 6.92 Å². The largest absolute Gasteiger partial charge is 0.313 e. The van der Waals surface area contributed by atoms with Crippen molar-refractivity contribution in [2.75, 3.05) is 24.2 Å². The maximum absolute atomic E-state index is 12.8. The van der Waals surface area contributed by atoms with E-state index >= 15 is 0 Å². The first-order valence-electron chi connectivity index (χ1n) is 9.66. The van der Waals surface area contributed by atoms with E-state index in [0.29, 0.717) is 6.54 Å². The molecule has 6 heteroatoms. The lowest BCUT2D eigenvalue weighted by Gasteiger charge is -2.30. The fraction of sp³-hybridized carbons (Fsp3) is 0.650. The lowest BCUT2D eigenvalue weighted by Crippen LogP contribution is -2.42. The number of carbonyl (C=O) groups is 1. The van der Waals surface area contributed by atoms with Crippen LogP contribution in [0.2, 0.25) is 0 Å². The molecule has 0 bridgehead atoms. The highest BCUT2D eigenvalue weighted by atomic mass is 32.2. The van der Waals surface area contributed by atoms with E-state index in [1.54, 1.807) is 9.21 Å². The first-order chi connectivity index (χ1) is 12.3. The Morgan fingerprint density at radius 1 is 1.15 bits per heavy atom. The molecule has 5 nitrogen and oxygen atoms in total. The van der Waals surface area contributed by atoms with Crippen molar-refractivity contribution in [3.63, 3.8) is 0 Å². The van der Waals surface area contributed by atoms with Crippen molar-refractivity contribution in [2.24, 2.45) is 0 Å². The van der Waals surface area contributed by atoms with E-state index in [4.69, 9.17) is 0 Å². The summed E-state index contributed by atoms with van der Waals surface area (Å²) in [5, 5.41) is 0. The Hall–Kier alpha value is -1.40. The molecule has 1 amide bonds. The van der Waals surface area contributed by atoms with Crippen LogP contribution >= 0.6 is 0 Å². The van der Waals surface area contributed by atoms with Crippen molar-refractivity contribution < 1.29 is 13.2 Å². The van der Waals surface area contributed by atoms with Crippen LogP contribution in [0.4, 0.5) is 5.69 Å². The van der Waals surface area contributed by atoms with Crippen LogP contribution in [-0.2, 0) is 14.8 Å². The fourth-order valence-electron chi connectivity index (χ4n) is 3.80. The first-order valence-corrected chi connectivity index (χ1v) is 11.5. The van der Waals surface area contributed by atoms with Gasteiger partial charge in [-0.15, -0.1) is 0 Å². The summed E-state index contributed by atoms with van der Waals surface area (Å²) in [6.45, 7) is 4.79. The molecule has 26 heavy (non-hydrogen) atoms. The van der Waals surface area contributed by atoms with Crippen molar-refractivity contribution in [3.05, 3.63) is 29.8 Å². The molecule has 1 saturated carbocycles. The number of anilines is 1. The minimum Gasteiger partial charge on any atom is -0.313 e. The summed E-state index contributed by atoms with van der Waals surface area (Å²) in [6.07, 6.45) is 7.75. The summed E-state index contributed by atoms with van der Waals surface area (Å²) >= 11 is 0. The average Bonchev–Trinajstić information content (AvgIpc) is 2.84. The van der Waals surface area contributed by atoms with Crippen LogP contribution in [0.5, 0.6) is 0 Å². The Balaban J connectivity index is 2.07. The Morgan fingerprint density at radius 2 is 1.81 bits per heavy atom. The summed E-state index contributed by atoms with van der Waals surface area (Å²) in [7, 11) is -3.32. The lowest BCUT2D eigenvalue weighted by molar-refractivity contribution is -0.118. The normalized spacial score (nSPS) is 16.5. The van der Waals surface area contributed by atoms with Crippen LogP contribution in [0.25, 0.3) is 0 Å². The predicted octanol–water partition coefficient (Wildman–Crippen LogP) is 3.72. The molecule has 1 aromatic carbocycles. The van der Waals surface area contributed by atoms with E-state index in [1.165, 1.54) is 19.1 Å². The van der Waals surface area contributed by atoms with Gasteiger partial charge >= 0.3 is 0 Å². The van der Waals surface area contributed by atoms with Gasteiger partial charge in [0.25, 0.3) is 0 Å².